The van der Waals surface area contributed by atoms with Gasteiger partial charge in [0.2, 0.25) is 11.7 Å². The van der Waals surface area contributed by atoms with Crippen LogP contribution in [-0.4, -0.2) is 37.5 Å². The van der Waals surface area contributed by atoms with Crippen LogP contribution in [0, 0.1) is 22.7 Å². The first-order valence-corrected chi connectivity index (χ1v) is 14.0. The number of nitriles is 2. The number of carbonyl (C=O) groups excluding carboxylic acids is 1. The number of methoxy groups -OCH3 is 3. The van der Waals surface area contributed by atoms with Gasteiger partial charge in [-0.2, -0.15) is 10.5 Å². The zero-order chi connectivity index (χ0) is 30.9. The number of aromatic nitrogens is 1. The average molecular weight is 596 g/mol. The number of ether oxygens (including phenoxy) is 4. The van der Waals surface area contributed by atoms with Crippen LogP contribution in [0.3, 0.4) is 0 Å². The van der Waals surface area contributed by atoms with Crippen LogP contribution in [0.5, 0.6) is 28.7 Å². The van der Waals surface area contributed by atoms with Crippen molar-refractivity contribution in [3.63, 3.8) is 0 Å². The van der Waals surface area contributed by atoms with Crippen molar-refractivity contribution in [2.75, 3.05) is 32.4 Å². The van der Waals surface area contributed by atoms with E-state index in [0.29, 0.717) is 46.4 Å². The molecule has 0 aliphatic rings. The molecule has 0 spiro atoms. The van der Waals surface area contributed by atoms with E-state index in [1.807, 2.05) is 37.3 Å². The van der Waals surface area contributed by atoms with Crippen molar-refractivity contribution in [2.24, 2.45) is 0 Å². The molecule has 3 N–H and O–H groups in total. The summed E-state index contributed by atoms with van der Waals surface area (Å²) >= 11 is 1.10. The molecular weight excluding hydrogens is 566 g/mol. The molecule has 0 bridgehead atoms. The zero-order valence-electron chi connectivity index (χ0n) is 24.0. The largest absolute Gasteiger partial charge is 0.493 e. The maximum absolute atomic E-state index is 13.3. The minimum absolute atomic E-state index is 0.0190. The highest BCUT2D eigenvalue weighted by Crippen LogP contribution is 2.45. The van der Waals surface area contributed by atoms with Crippen LogP contribution in [-0.2, 0) is 4.79 Å². The highest BCUT2D eigenvalue weighted by molar-refractivity contribution is 8.00. The van der Waals surface area contributed by atoms with E-state index < -0.39 is 5.25 Å². The lowest BCUT2D eigenvalue weighted by molar-refractivity contribution is -0.115. The minimum atomic E-state index is -0.625. The fraction of sp³-hybridized carbons (Fsp3) is 0.188. The van der Waals surface area contributed by atoms with Crippen molar-refractivity contribution >= 4 is 29.2 Å². The Labute approximate surface area is 254 Å². The standard InChI is InChI=1S/C32H29N5O5S/c1-5-27(31(38)36-20-11-13-22(14-12-20)42-21-9-7-6-8-10-21)43-32-24(18-34)28(23(17-33)30(35)37-32)19-15-25(39-2)29(41-4)26(16-19)40-3/h6-16,27H,5H2,1-4H3,(H2,35,37)(H,36,38). The van der Waals surface area contributed by atoms with Gasteiger partial charge in [-0.1, -0.05) is 36.9 Å². The Morgan fingerprint density at radius 2 is 1.53 bits per heavy atom. The van der Waals surface area contributed by atoms with Crippen molar-refractivity contribution in [3.8, 4) is 52.0 Å². The minimum Gasteiger partial charge on any atom is -0.493 e. The summed E-state index contributed by atoms with van der Waals surface area (Å²) in [6.07, 6.45) is 0.428. The summed E-state index contributed by atoms with van der Waals surface area (Å²) in [5.74, 6) is 1.99. The number of pyridine rings is 1. The Kier molecular flexibility index (Phi) is 9.94. The molecule has 3 aromatic carbocycles. The lowest BCUT2D eigenvalue weighted by Gasteiger charge is -2.19. The van der Waals surface area contributed by atoms with E-state index in [1.165, 1.54) is 21.3 Å². The lowest BCUT2D eigenvalue weighted by atomic mass is 9.96. The SMILES string of the molecule is CCC(Sc1nc(N)c(C#N)c(-c2cc(OC)c(OC)c(OC)c2)c1C#N)C(=O)Nc1ccc(Oc2ccccc2)cc1. The fourth-order valence-electron chi connectivity index (χ4n) is 4.31. The van der Waals surface area contributed by atoms with E-state index >= 15 is 0 Å². The molecule has 1 aromatic heterocycles. The summed E-state index contributed by atoms with van der Waals surface area (Å²) in [5.41, 5.74) is 7.61. The Morgan fingerprint density at radius 1 is 0.930 bits per heavy atom. The van der Waals surface area contributed by atoms with Crippen LogP contribution in [0.4, 0.5) is 11.5 Å². The van der Waals surface area contributed by atoms with E-state index in [-0.39, 0.29) is 33.4 Å². The molecule has 0 aliphatic carbocycles. The van der Waals surface area contributed by atoms with Crippen molar-refractivity contribution in [1.82, 2.24) is 4.98 Å². The van der Waals surface area contributed by atoms with Gasteiger partial charge in [0.1, 0.15) is 40.0 Å². The Morgan fingerprint density at radius 3 is 2.07 bits per heavy atom. The summed E-state index contributed by atoms with van der Waals surface area (Å²) in [6, 6.07) is 23.9. The number of hydrogen-bond acceptors (Lipinski definition) is 10. The van der Waals surface area contributed by atoms with Crippen LogP contribution in [0.15, 0.2) is 71.8 Å². The van der Waals surface area contributed by atoms with Gasteiger partial charge in [0.25, 0.3) is 0 Å². The third-order valence-corrected chi connectivity index (χ3v) is 7.74. The Hall–Kier alpha value is -5.39. The topological polar surface area (TPSA) is 153 Å². The van der Waals surface area contributed by atoms with Crippen LogP contribution in [0.1, 0.15) is 24.5 Å². The molecule has 0 saturated carbocycles. The number of thioether (sulfide) groups is 1. The maximum Gasteiger partial charge on any atom is 0.237 e. The number of nitrogens with one attached hydrogen (secondary N) is 1. The molecule has 0 fully saturated rings. The number of para-hydroxylation sites is 1. The van der Waals surface area contributed by atoms with Crippen LogP contribution >= 0.6 is 11.8 Å². The van der Waals surface area contributed by atoms with Gasteiger partial charge < -0.3 is 30.0 Å². The van der Waals surface area contributed by atoms with Crippen molar-refractivity contribution < 1.29 is 23.7 Å². The van der Waals surface area contributed by atoms with Gasteiger partial charge in [0.05, 0.1) is 32.1 Å². The molecule has 0 radical (unpaired) electrons. The van der Waals surface area contributed by atoms with Gasteiger partial charge in [-0.15, -0.1) is 0 Å². The van der Waals surface area contributed by atoms with Gasteiger partial charge >= 0.3 is 0 Å². The first-order chi connectivity index (χ1) is 20.9. The number of nitrogen functional groups attached to an aromatic ring is 1. The number of amides is 1. The quantitative estimate of drug-likeness (QED) is 0.186. The van der Waals surface area contributed by atoms with E-state index in [2.05, 4.69) is 22.4 Å². The number of nitrogens with zero attached hydrogens (tertiary/aromatic N) is 3. The molecule has 0 aliphatic heterocycles. The van der Waals surface area contributed by atoms with Crippen molar-refractivity contribution in [3.05, 3.63) is 77.9 Å². The molecule has 11 heteroatoms. The summed E-state index contributed by atoms with van der Waals surface area (Å²) in [5, 5.41) is 22.7. The molecule has 4 rings (SSSR count). The molecule has 4 aromatic rings. The highest BCUT2D eigenvalue weighted by Gasteiger charge is 2.27. The lowest BCUT2D eigenvalue weighted by Crippen LogP contribution is -2.25. The van der Waals surface area contributed by atoms with Gasteiger partial charge in [0.15, 0.2) is 11.5 Å². The molecule has 1 unspecified atom stereocenters. The molecule has 1 atom stereocenters. The second-order valence-corrected chi connectivity index (χ2v) is 10.2. The number of hydrogen-bond donors (Lipinski definition) is 2. The average Bonchev–Trinajstić information content (AvgIpc) is 3.03. The molecular formula is C32H29N5O5S. The first-order valence-electron chi connectivity index (χ1n) is 13.1. The zero-order valence-corrected chi connectivity index (χ0v) is 24.8. The molecule has 10 nitrogen and oxygen atoms in total. The molecule has 218 valence electrons. The van der Waals surface area contributed by atoms with Crippen LogP contribution in [0.25, 0.3) is 11.1 Å². The van der Waals surface area contributed by atoms with Crippen molar-refractivity contribution in [1.29, 1.82) is 10.5 Å². The van der Waals surface area contributed by atoms with Gasteiger partial charge in [0, 0.05) is 11.3 Å². The summed E-state index contributed by atoms with van der Waals surface area (Å²) < 4.78 is 22.2. The Balaban J connectivity index is 1.64. The van der Waals surface area contributed by atoms with Crippen molar-refractivity contribution in [2.45, 2.75) is 23.6 Å². The predicted molar refractivity (Wildman–Crippen MR) is 165 cm³/mol. The third kappa shape index (κ3) is 6.75. The second-order valence-electron chi connectivity index (χ2n) is 9.01. The second kappa shape index (κ2) is 14.0. The maximum atomic E-state index is 13.3. The highest BCUT2D eigenvalue weighted by atomic mass is 32.2. The van der Waals surface area contributed by atoms with E-state index in [9.17, 15) is 15.3 Å². The molecule has 0 saturated heterocycles. The van der Waals surface area contributed by atoms with E-state index in [1.54, 1.807) is 36.4 Å². The van der Waals surface area contributed by atoms with E-state index in [4.69, 9.17) is 24.7 Å². The summed E-state index contributed by atoms with van der Waals surface area (Å²) in [7, 11) is 4.41. The molecule has 43 heavy (non-hydrogen) atoms. The number of rotatable bonds is 11. The smallest absolute Gasteiger partial charge is 0.237 e. The van der Waals surface area contributed by atoms with Crippen LogP contribution < -0.4 is 30.0 Å². The number of benzene rings is 3. The predicted octanol–water partition coefficient (Wildman–Crippen LogP) is 6.40. The molecule has 1 heterocycles. The number of nitrogens with two attached hydrogens (primary N) is 1. The van der Waals surface area contributed by atoms with E-state index in [0.717, 1.165) is 11.8 Å². The third-order valence-electron chi connectivity index (χ3n) is 6.39. The normalized spacial score (nSPS) is 11.0. The van der Waals surface area contributed by atoms with Crippen LogP contribution in [0.2, 0.25) is 0 Å². The monoisotopic (exact) mass is 595 g/mol. The molecule has 1 amide bonds. The number of anilines is 2. The first kappa shape index (κ1) is 30.6. The summed E-state index contributed by atoms with van der Waals surface area (Å²) in [6.45, 7) is 1.85. The fourth-order valence-corrected chi connectivity index (χ4v) is 5.33. The van der Waals surface area contributed by atoms with Gasteiger partial charge in [-0.05, 0) is 60.5 Å². The summed E-state index contributed by atoms with van der Waals surface area (Å²) in [4.78, 5) is 17.7. The van der Waals surface area contributed by atoms with Gasteiger partial charge in [-0.3, -0.25) is 4.79 Å². The van der Waals surface area contributed by atoms with Gasteiger partial charge in [-0.25, -0.2) is 4.98 Å². The number of carbonyl (C=O) groups is 1. The Bertz CT molecular complexity index is 1670.